The van der Waals surface area contributed by atoms with E-state index in [0.717, 1.165) is 87.1 Å². The number of hydrogen-bond acceptors (Lipinski definition) is 4. The molecule has 4 aromatic rings. The summed E-state index contributed by atoms with van der Waals surface area (Å²) < 4.78 is 2.32. The summed E-state index contributed by atoms with van der Waals surface area (Å²) in [5, 5.41) is 0.746. The number of likely N-dealkylation sites (tertiary alicyclic amines) is 1. The van der Waals surface area contributed by atoms with E-state index in [1.165, 1.54) is 16.8 Å². The van der Waals surface area contributed by atoms with Crippen molar-refractivity contribution in [1.82, 2.24) is 19.4 Å². The molecule has 3 heterocycles. The zero-order valence-electron chi connectivity index (χ0n) is 24.2. The number of anilines is 1. The van der Waals surface area contributed by atoms with E-state index < -0.39 is 0 Å². The molecule has 0 unspecified atom stereocenters. The lowest BCUT2D eigenvalue weighted by Crippen LogP contribution is -2.52. The Morgan fingerprint density at radius 2 is 1.63 bits per heavy atom. The average molecular weight is 570 g/mol. The first kappa shape index (κ1) is 27.8. The first-order valence-electron chi connectivity index (χ1n) is 15.0. The summed E-state index contributed by atoms with van der Waals surface area (Å²) in [6.07, 6.45) is 2.00. The number of nitrogens with zero attached hydrogens (tertiary/aromatic N) is 5. The Morgan fingerprint density at radius 3 is 2.41 bits per heavy atom. The van der Waals surface area contributed by atoms with Gasteiger partial charge in [-0.15, -0.1) is 0 Å². The molecule has 6 nitrogen and oxygen atoms in total. The van der Waals surface area contributed by atoms with Crippen LogP contribution in [0.1, 0.15) is 49.6 Å². The maximum Gasteiger partial charge on any atom is 0.227 e. The van der Waals surface area contributed by atoms with Crippen molar-refractivity contribution in [3.63, 3.8) is 0 Å². The summed E-state index contributed by atoms with van der Waals surface area (Å²) in [6.45, 7) is 11.1. The molecule has 2 aliphatic heterocycles. The zero-order valence-corrected chi connectivity index (χ0v) is 24.9. The van der Waals surface area contributed by atoms with E-state index in [0.29, 0.717) is 11.8 Å². The highest BCUT2D eigenvalue weighted by molar-refractivity contribution is 6.30. The molecule has 1 amide bonds. The number of aromatic nitrogens is 2. The average Bonchev–Trinajstić information content (AvgIpc) is 3.34. The van der Waals surface area contributed by atoms with E-state index in [2.05, 4.69) is 87.7 Å². The Bertz CT molecular complexity index is 1490. The van der Waals surface area contributed by atoms with Crippen molar-refractivity contribution in [3.05, 3.63) is 94.8 Å². The van der Waals surface area contributed by atoms with Gasteiger partial charge in [-0.1, -0.05) is 67.9 Å². The first-order chi connectivity index (χ1) is 20.0. The number of carbonyl (C=O) groups excluding carboxylic acids is 1. The van der Waals surface area contributed by atoms with E-state index in [-0.39, 0.29) is 5.92 Å². The fraction of sp³-hybridized carbons (Fsp3) is 0.412. The molecule has 0 aliphatic carbocycles. The molecule has 2 aliphatic rings. The predicted molar refractivity (Wildman–Crippen MR) is 168 cm³/mol. The van der Waals surface area contributed by atoms with Crippen LogP contribution in [0.25, 0.3) is 11.0 Å². The minimum atomic E-state index is 0.0485. The number of carbonyl (C=O) groups is 1. The van der Waals surface area contributed by atoms with Crippen LogP contribution in [0, 0.1) is 5.92 Å². The number of rotatable bonds is 7. The number of halogens is 1. The molecule has 2 fully saturated rings. The number of piperidine rings is 1. The van der Waals surface area contributed by atoms with Crippen LogP contribution in [0.2, 0.25) is 5.02 Å². The summed E-state index contributed by atoms with van der Waals surface area (Å²) in [4.78, 5) is 25.7. The number of fused-ring (bicyclic) bond motifs is 1. The molecule has 41 heavy (non-hydrogen) atoms. The second kappa shape index (κ2) is 12.3. The standard InChI is InChI=1S/C34H40ClN5O/c1-25(2)29-9-3-5-11-31(29)38-18-20-39(21-19-38)34(41)27-8-7-17-37(23-27)24-33-36-30-10-4-6-12-32(30)40(33)22-26-13-15-28(35)16-14-26/h3-6,9-16,25,27H,7-8,17-24H2,1-2H3/t27-/m0/s1. The lowest BCUT2D eigenvalue weighted by atomic mass is 9.96. The van der Waals surface area contributed by atoms with Crippen LogP contribution in [-0.4, -0.2) is 64.5 Å². The first-order valence-corrected chi connectivity index (χ1v) is 15.4. The molecular weight excluding hydrogens is 530 g/mol. The fourth-order valence-electron chi connectivity index (χ4n) is 6.49. The van der Waals surface area contributed by atoms with Crippen LogP contribution in [0.4, 0.5) is 5.69 Å². The van der Waals surface area contributed by atoms with Crippen molar-refractivity contribution in [2.24, 2.45) is 5.92 Å². The topological polar surface area (TPSA) is 44.6 Å². The van der Waals surface area contributed by atoms with Gasteiger partial charge in [-0.25, -0.2) is 4.98 Å². The van der Waals surface area contributed by atoms with Crippen molar-refractivity contribution < 1.29 is 4.79 Å². The second-order valence-corrected chi connectivity index (χ2v) is 12.3. The van der Waals surface area contributed by atoms with Gasteiger partial charge in [0, 0.05) is 50.0 Å². The smallest absolute Gasteiger partial charge is 0.227 e. The van der Waals surface area contributed by atoms with Gasteiger partial charge in [0.05, 0.1) is 23.5 Å². The van der Waals surface area contributed by atoms with Crippen molar-refractivity contribution in [2.45, 2.75) is 45.7 Å². The molecule has 2 saturated heterocycles. The van der Waals surface area contributed by atoms with Gasteiger partial charge in [-0.3, -0.25) is 9.69 Å². The van der Waals surface area contributed by atoms with Gasteiger partial charge < -0.3 is 14.4 Å². The van der Waals surface area contributed by atoms with Crippen LogP contribution < -0.4 is 4.90 Å². The van der Waals surface area contributed by atoms with Crippen LogP contribution >= 0.6 is 11.6 Å². The van der Waals surface area contributed by atoms with Crippen LogP contribution in [0.15, 0.2) is 72.8 Å². The molecule has 0 spiro atoms. The molecule has 0 saturated carbocycles. The van der Waals surface area contributed by atoms with Crippen molar-refractivity contribution >= 4 is 34.2 Å². The fourth-order valence-corrected chi connectivity index (χ4v) is 6.61. The van der Waals surface area contributed by atoms with Gasteiger partial charge in [-0.05, 0) is 66.8 Å². The Kier molecular flexibility index (Phi) is 8.31. The lowest BCUT2D eigenvalue weighted by molar-refractivity contribution is -0.137. The van der Waals surface area contributed by atoms with Gasteiger partial charge in [0.15, 0.2) is 0 Å². The SMILES string of the molecule is CC(C)c1ccccc1N1CCN(C(=O)[C@H]2CCCN(Cc3nc4ccccc4n3Cc3ccc(Cl)cc3)C2)CC1. The van der Waals surface area contributed by atoms with Crippen molar-refractivity contribution in [2.75, 3.05) is 44.2 Å². The molecule has 0 bridgehead atoms. The summed E-state index contributed by atoms with van der Waals surface area (Å²) in [5.74, 6) is 1.90. The Balaban J connectivity index is 1.12. The van der Waals surface area contributed by atoms with Crippen LogP contribution in [0.3, 0.4) is 0 Å². The van der Waals surface area contributed by atoms with Gasteiger partial charge in [0.2, 0.25) is 5.91 Å². The van der Waals surface area contributed by atoms with Crippen molar-refractivity contribution in [1.29, 1.82) is 0 Å². The summed E-state index contributed by atoms with van der Waals surface area (Å²) in [7, 11) is 0. The van der Waals surface area contributed by atoms with E-state index >= 15 is 0 Å². The molecule has 1 atom stereocenters. The summed E-state index contributed by atoms with van der Waals surface area (Å²) in [6, 6.07) is 25.1. The minimum absolute atomic E-state index is 0.0485. The normalized spacial score (nSPS) is 18.4. The molecule has 1 aromatic heterocycles. The van der Waals surface area contributed by atoms with Gasteiger partial charge >= 0.3 is 0 Å². The van der Waals surface area contributed by atoms with Gasteiger partial charge in [-0.2, -0.15) is 0 Å². The second-order valence-electron chi connectivity index (χ2n) is 11.8. The number of imidazole rings is 1. The van der Waals surface area contributed by atoms with Crippen LogP contribution in [0.5, 0.6) is 0 Å². The molecule has 7 heteroatoms. The molecule has 0 N–H and O–H groups in total. The number of benzene rings is 3. The Labute approximate surface area is 248 Å². The summed E-state index contributed by atoms with van der Waals surface area (Å²) in [5.41, 5.74) is 6.05. The molecule has 3 aromatic carbocycles. The third-order valence-electron chi connectivity index (χ3n) is 8.70. The highest BCUT2D eigenvalue weighted by Crippen LogP contribution is 2.29. The minimum Gasteiger partial charge on any atom is -0.368 e. The zero-order chi connectivity index (χ0) is 28.3. The lowest BCUT2D eigenvalue weighted by Gasteiger charge is -2.40. The third-order valence-corrected chi connectivity index (χ3v) is 8.95. The number of amides is 1. The van der Waals surface area contributed by atoms with Gasteiger partial charge in [0.1, 0.15) is 5.82 Å². The van der Waals surface area contributed by atoms with Crippen LogP contribution in [-0.2, 0) is 17.9 Å². The van der Waals surface area contributed by atoms with E-state index in [4.69, 9.17) is 16.6 Å². The Morgan fingerprint density at radius 1 is 0.902 bits per heavy atom. The van der Waals surface area contributed by atoms with E-state index in [1.807, 2.05) is 18.2 Å². The quantitative estimate of drug-likeness (QED) is 0.257. The van der Waals surface area contributed by atoms with Crippen molar-refractivity contribution in [3.8, 4) is 0 Å². The largest absolute Gasteiger partial charge is 0.368 e. The highest BCUT2D eigenvalue weighted by atomic mass is 35.5. The molecule has 0 radical (unpaired) electrons. The van der Waals surface area contributed by atoms with Gasteiger partial charge in [0.25, 0.3) is 0 Å². The number of hydrogen-bond donors (Lipinski definition) is 0. The van der Waals surface area contributed by atoms with E-state index in [9.17, 15) is 4.79 Å². The number of piperazine rings is 1. The third kappa shape index (κ3) is 6.14. The maximum absolute atomic E-state index is 13.7. The summed E-state index contributed by atoms with van der Waals surface area (Å²) >= 11 is 6.14. The molecule has 214 valence electrons. The highest BCUT2D eigenvalue weighted by Gasteiger charge is 2.32. The van der Waals surface area contributed by atoms with E-state index in [1.54, 1.807) is 0 Å². The molecule has 6 rings (SSSR count). The molecular formula is C34H40ClN5O. The number of para-hydroxylation sites is 3. The predicted octanol–water partition coefficient (Wildman–Crippen LogP) is 6.42. The maximum atomic E-state index is 13.7. The monoisotopic (exact) mass is 569 g/mol. The Hall–Kier alpha value is -3.35.